The first-order valence-corrected chi connectivity index (χ1v) is 6.27. The highest BCUT2D eigenvalue weighted by Gasteiger charge is 2.24. The van der Waals surface area contributed by atoms with Gasteiger partial charge in [0.2, 0.25) is 0 Å². The minimum Gasteiger partial charge on any atom is -0.502 e. The van der Waals surface area contributed by atoms with E-state index in [1.54, 1.807) is 0 Å². The van der Waals surface area contributed by atoms with Crippen LogP contribution in [0.3, 0.4) is 0 Å². The average molecular weight is 350 g/mol. The van der Waals surface area contributed by atoms with E-state index in [2.05, 4.69) is 4.98 Å². The number of hydrogen-bond acceptors (Lipinski definition) is 5. The Kier molecular flexibility index (Phi) is 4.28. The Morgan fingerprint density at radius 2 is 2.04 bits per heavy atom. The van der Waals surface area contributed by atoms with Crippen LogP contribution in [-0.4, -0.2) is 19.6 Å². The number of aromatic nitrogens is 2. The van der Waals surface area contributed by atoms with Gasteiger partial charge in [0.1, 0.15) is 16.7 Å². The maximum Gasteiger partial charge on any atom is 0.322 e. The number of alkyl halides is 2. The van der Waals surface area contributed by atoms with Gasteiger partial charge in [0.25, 0.3) is 5.56 Å². The molecule has 1 heterocycles. The molecule has 1 aromatic heterocycles. The summed E-state index contributed by atoms with van der Waals surface area (Å²) in [6, 6.07) is 1.06. The monoisotopic (exact) mass is 349 g/mol. The first kappa shape index (κ1) is 16.7. The van der Waals surface area contributed by atoms with E-state index in [0.29, 0.717) is 12.1 Å². The number of halogens is 4. The summed E-state index contributed by atoms with van der Waals surface area (Å²) >= 11 is 5.66. The molecule has 0 aliphatic carbocycles. The Bertz CT molecular complexity index is 870. The predicted octanol–water partition coefficient (Wildman–Crippen LogP) is 3.02. The maximum atomic E-state index is 13.9. The first-order chi connectivity index (χ1) is 10.6. The van der Waals surface area contributed by atoms with E-state index in [4.69, 9.17) is 11.6 Å². The molecule has 11 heteroatoms. The zero-order valence-electron chi connectivity index (χ0n) is 11.3. The number of nitro benzene ring substituents is 1. The van der Waals surface area contributed by atoms with Gasteiger partial charge in [-0.1, -0.05) is 11.6 Å². The fraction of sp³-hybridized carbons (Fsp3) is 0.167. The summed E-state index contributed by atoms with van der Waals surface area (Å²) in [6.07, 6.45) is 0. The molecule has 1 aromatic carbocycles. The third-order valence-electron chi connectivity index (χ3n) is 2.95. The highest BCUT2D eigenvalue weighted by atomic mass is 35.5. The lowest BCUT2D eigenvalue weighted by atomic mass is 10.1. The minimum absolute atomic E-state index is 0.00143. The van der Waals surface area contributed by atoms with Gasteiger partial charge in [0.15, 0.2) is 5.75 Å². The van der Waals surface area contributed by atoms with Crippen LogP contribution in [0.1, 0.15) is 12.4 Å². The molecule has 2 rings (SSSR count). The second kappa shape index (κ2) is 5.88. The quantitative estimate of drug-likeness (QED) is 0.678. The van der Waals surface area contributed by atoms with Crippen LogP contribution in [0.5, 0.6) is 5.75 Å². The van der Waals surface area contributed by atoms with Crippen molar-refractivity contribution >= 4 is 17.3 Å². The molecule has 0 unspecified atom stereocenters. The number of phenols is 1. The highest BCUT2D eigenvalue weighted by Crippen LogP contribution is 2.35. The summed E-state index contributed by atoms with van der Waals surface area (Å²) in [5.41, 5.74) is -3.28. The van der Waals surface area contributed by atoms with E-state index in [0.717, 1.165) is 6.92 Å². The third-order valence-corrected chi connectivity index (χ3v) is 3.29. The van der Waals surface area contributed by atoms with Crippen LogP contribution in [0.15, 0.2) is 16.9 Å². The molecule has 0 radical (unpaired) electrons. The van der Waals surface area contributed by atoms with Crippen molar-refractivity contribution in [3.05, 3.63) is 49.3 Å². The van der Waals surface area contributed by atoms with Crippen molar-refractivity contribution in [1.82, 2.24) is 9.55 Å². The van der Waals surface area contributed by atoms with Crippen LogP contribution in [0.25, 0.3) is 11.3 Å². The van der Waals surface area contributed by atoms with Crippen LogP contribution < -0.4 is 5.56 Å². The van der Waals surface area contributed by atoms with Crippen molar-refractivity contribution in [3.63, 3.8) is 0 Å². The number of aromatic hydroxyl groups is 1. The molecular formula is C12H7ClF3N3O4. The molecule has 0 saturated heterocycles. The van der Waals surface area contributed by atoms with Gasteiger partial charge in [0, 0.05) is 17.7 Å². The van der Waals surface area contributed by atoms with Gasteiger partial charge in [-0.2, -0.15) is 8.78 Å². The molecular weight excluding hydrogens is 343 g/mol. The van der Waals surface area contributed by atoms with E-state index in [1.165, 1.54) is 0 Å². The van der Waals surface area contributed by atoms with E-state index >= 15 is 0 Å². The molecule has 0 aliphatic rings. The molecule has 0 saturated carbocycles. The standard InChI is InChI=1S/C12H7ClF3N3O4/c1-4-17-10(9(13)11(21)18(4)12(15)16)5-2-7(19(22)23)8(20)3-6(5)14/h2-3,12,20H,1H3. The number of hydrogen-bond donors (Lipinski definition) is 1. The Labute approximate surface area is 130 Å². The number of nitrogens with zero attached hydrogens (tertiary/aromatic N) is 3. The van der Waals surface area contributed by atoms with Gasteiger partial charge in [-0.25, -0.2) is 13.9 Å². The molecule has 0 spiro atoms. The largest absolute Gasteiger partial charge is 0.502 e. The Morgan fingerprint density at radius 1 is 1.43 bits per heavy atom. The van der Waals surface area contributed by atoms with Crippen LogP contribution >= 0.6 is 11.6 Å². The molecule has 2 aromatic rings. The molecule has 122 valence electrons. The van der Waals surface area contributed by atoms with Gasteiger partial charge in [-0.05, 0) is 6.92 Å². The van der Waals surface area contributed by atoms with Crippen LogP contribution in [0.4, 0.5) is 18.9 Å². The van der Waals surface area contributed by atoms with Crippen molar-refractivity contribution in [2.45, 2.75) is 13.5 Å². The smallest absolute Gasteiger partial charge is 0.322 e. The zero-order valence-corrected chi connectivity index (χ0v) is 12.0. The molecule has 1 N–H and O–H groups in total. The molecule has 0 aliphatic heterocycles. The van der Waals surface area contributed by atoms with Gasteiger partial charge >= 0.3 is 12.2 Å². The normalized spacial score (nSPS) is 11.0. The van der Waals surface area contributed by atoms with Crippen molar-refractivity contribution in [1.29, 1.82) is 0 Å². The average Bonchev–Trinajstić information content (AvgIpc) is 2.42. The number of nitro groups is 1. The number of rotatable bonds is 3. The molecule has 7 nitrogen and oxygen atoms in total. The zero-order chi connectivity index (χ0) is 17.5. The highest BCUT2D eigenvalue weighted by molar-refractivity contribution is 6.32. The fourth-order valence-corrected chi connectivity index (χ4v) is 2.14. The lowest BCUT2D eigenvalue weighted by molar-refractivity contribution is -0.385. The summed E-state index contributed by atoms with van der Waals surface area (Å²) in [5.74, 6) is -2.55. The third kappa shape index (κ3) is 2.84. The topological polar surface area (TPSA) is 98.3 Å². The molecule has 0 amide bonds. The van der Waals surface area contributed by atoms with Crippen LogP contribution in [0.2, 0.25) is 5.02 Å². The molecule has 0 fully saturated rings. The molecule has 23 heavy (non-hydrogen) atoms. The molecule has 0 atom stereocenters. The Hall–Kier alpha value is -2.62. The number of benzene rings is 1. The fourth-order valence-electron chi connectivity index (χ4n) is 1.91. The first-order valence-electron chi connectivity index (χ1n) is 5.89. The van der Waals surface area contributed by atoms with Crippen molar-refractivity contribution in [3.8, 4) is 17.0 Å². The second-order valence-electron chi connectivity index (χ2n) is 4.35. The predicted molar refractivity (Wildman–Crippen MR) is 73.2 cm³/mol. The van der Waals surface area contributed by atoms with E-state index < -0.39 is 56.4 Å². The van der Waals surface area contributed by atoms with Crippen molar-refractivity contribution in [2.24, 2.45) is 0 Å². The van der Waals surface area contributed by atoms with Crippen LogP contribution in [-0.2, 0) is 0 Å². The summed E-state index contributed by atoms with van der Waals surface area (Å²) in [7, 11) is 0. The lowest BCUT2D eigenvalue weighted by Crippen LogP contribution is -2.25. The second-order valence-corrected chi connectivity index (χ2v) is 4.73. The Morgan fingerprint density at radius 3 is 2.57 bits per heavy atom. The summed E-state index contributed by atoms with van der Waals surface area (Å²) in [5, 5.41) is 19.3. The van der Waals surface area contributed by atoms with E-state index in [-0.39, 0.29) is 4.57 Å². The molecule has 0 bridgehead atoms. The van der Waals surface area contributed by atoms with Gasteiger partial charge in [0.05, 0.1) is 10.6 Å². The summed E-state index contributed by atoms with van der Waals surface area (Å²) in [4.78, 5) is 25.2. The number of phenolic OH excluding ortho intramolecular Hbond substituents is 1. The summed E-state index contributed by atoms with van der Waals surface area (Å²) < 4.78 is 39.5. The SMILES string of the molecule is Cc1nc(-c2cc([N+](=O)[O-])c(O)cc2F)c(Cl)c(=O)n1C(F)F. The maximum absolute atomic E-state index is 13.9. The van der Waals surface area contributed by atoms with Gasteiger partial charge in [-0.15, -0.1) is 0 Å². The van der Waals surface area contributed by atoms with Crippen molar-refractivity contribution < 1.29 is 23.2 Å². The summed E-state index contributed by atoms with van der Waals surface area (Å²) in [6.45, 7) is -2.14. The lowest BCUT2D eigenvalue weighted by Gasteiger charge is -2.12. The van der Waals surface area contributed by atoms with Gasteiger partial charge < -0.3 is 5.11 Å². The number of aryl methyl sites for hydroxylation is 1. The van der Waals surface area contributed by atoms with E-state index in [9.17, 15) is 33.2 Å². The van der Waals surface area contributed by atoms with Gasteiger partial charge in [-0.3, -0.25) is 14.9 Å². The van der Waals surface area contributed by atoms with Crippen molar-refractivity contribution in [2.75, 3.05) is 0 Å². The Balaban J connectivity index is 2.81. The van der Waals surface area contributed by atoms with E-state index in [1.807, 2.05) is 0 Å². The van der Waals surface area contributed by atoms with Crippen LogP contribution in [0, 0.1) is 22.9 Å². The minimum atomic E-state index is -3.21.